The zero-order chi connectivity index (χ0) is 20.4. The highest BCUT2D eigenvalue weighted by atomic mass is 16.6. The number of benzene rings is 1. The molecule has 1 aromatic carbocycles. The van der Waals surface area contributed by atoms with Gasteiger partial charge in [0.05, 0.1) is 5.56 Å². The van der Waals surface area contributed by atoms with E-state index in [1.807, 2.05) is 20.8 Å². The van der Waals surface area contributed by atoms with Crippen LogP contribution in [0.5, 0.6) is 0 Å². The van der Waals surface area contributed by atoms with E-state index in [1.54, 1.807) is 31.1 Å². The number of carbonyl (C=O) groups is 3. The van der Waals surface area contributed by atoms with E-state index < -0.39 is 11.6 Å². The highest BCUT2D eigenvalue weighted by Crippen LogP contribution is 2.30. The number of hydrogen-bond acceptors (Lipinski definition) is 4. The van der Waals surface area contributed by atoms with Crippen molar-refractivity contribution in [1.82, 2.24) is 9.80 Å². The summed E-state index contributed by atoms with van der Waals surface area (Å²) in [7, 11) is 3.27. The quantitative estimate of drug-likeness (QED) is 0.875. The average Bonchev–Trinajstić information content (AvgIpc) is 2.59. The summed E-state index contributed by atoms with van der Waals surface area (Å²) in [5.74, 6) is -1.20. The number of carboxylic acid groups (broad SMARTS) is 1. The normalized spacial score (nSPS) is 15.4. The summed E-state index contributed by atoms with van der Waals surface area (Å²) in [4.78, 5) is 39.0. The van der Waals surface area contributed by atoms with Gasteiger partial charge in [-0.15, -0.1) is 0 Å². The van der Waals surface area contributed by atoms with E-state index in [1.165, 1.54) is 11.0 Å². The van der Waals surface area contributed by atoms with Gasteiger partial charge in [-0.25, -0.2) is 9.59 Å². The third-order valence-electron chi connectivity index (χ3n) is 4.47. The summed E-state index contributed by atoms with van der Waals surface area (Å²) in [6.45, 7) is 6.57. The number of nitrogens with zero attached hydrogens (tertiary/aromatic N) is 2. The van der Waals surface area contributed by atoms with Crippen molar-refractivity contribution >= 4 is 18.0 Å². The highest BCUT2D eigenvalue weighted by molar-refractivity contribution is 5.97. The van der Waals surface area contributed by atoms with Crippen LogP contribution in [0.1, 0.15) is 65.8 Å². The third-order valence-corrected chi connectivity index (χ3v) is 4.47. The number of carboxylic acids is 1. The lowest BCUT2D eigenvalue weighted by Gasteiger charge is -2.33. The minimum Gasteiger partial charge on any atom is -0.478 e. The Morgan fingerprint density at radius 2 is 1.63 bits per heavy atom. The molecule has 0 atom stereocenters. The van der Waals surface area contributed by atoms with E-state index in [9.17, 15) is 19.5 Å². The molecule has 27 heavy (non-hydrogen) atoms. The van der Waals surface area contributed by atoms with Crippen LogP contribution in [0.15, 0.2) is 18.2 Å². The molecule has 1 heterocycles. The first-order valence-electron chi connectivity index (χ1n) is 9.06. The van der Waals surface area contributed by atoms with Gasteiger partial charge < -0.3 is 19.6 Å². The first-order valence-corrected chi connectivity index (χ1v) is 9.06. The second-order valence-corrected chi connectivity index (χ2v) is 8.09. The number of aromatic carboxylic acids is 1. The molecule has 1 aliphatic rings. The van der Waals surface area contributed by atoms with Crippen LogP contribution >= 0.6 is 0 Å². The molecule has 2 amide bonds. The van der Waals surface area contributed by atoms with E-state index in [4.69, 9.17) is 4.74 Å². The van der Waals surface area contributed by atoms with Gasteiger partial charge in [0.1, 0.15) is 5.60 Å². The van der Waals surface area contributed by atoms with Gasteiger partial charge >= 0.3 is 12.1 Å². The minimum absolute atomic E-state index is 0.0942. The van der Waals surface area contributed by atoms with Crippen molar-refractivity contribution in [1.29, 1.82) is 0 Å². The van der Waals surface area contributed by atoms with Crippen LogP contribution in [0.4, 0.5) is 4.79 Å². The van der Waals surface area contributed by atoms with Gasteiger partial charge in [-0.3, -0.25) is 4.79 Å². The summed E-state index contributed by atoms with van der Waals surface area (Å²) in [6, 6.07) is 4.80. The molecule has 2 rings (SSSR count). The first-order chi connectivity index (χ1) is 12.5. The third kappa shape index (κ3) is 5.45. The van der Waals surface area contributed by atoms with Crippen LogP contribution in [0.25, 0.3) is 0 Å². The monoisotopic (exact) mass is 376 g/mol. The number of piperidine rings is 1. The molecule has 1 fully saturated rings. The number of amides is 2. The van der Waals surface area contributed by atoms with Crippen molar-refractivity contribution in [3.63, 3.8) is 0 Å². The van der Waals surface area contributed by atoms with E-state index in [0.717, 1.165) is 5.56 Å². The van der Waals surface area contributed by atoms with Gasteiger partial charge in [-0.05, 0) is 63.3 Å². The Bertz CT molecular complexity index is 728. The van der Waals surface area contributed by atoms with Crippen molar-refractivity contribution < 1.29 is 24.2 Å². The Morgan fingerprint density at radius 1 is 1.07 bits per heavy atom. The van der Waals surface area contributed by atoms with Crippen LogP contribution in [-0.4, -0.2) is 65.7 Å². The standard InChI is InChI=1S/C20H28N2O5/c1-20(2,3)27-19(26)22-8-6-13(7-9-22)14-10-15(17(23)21(4)5)12-16(11-14)18(24)25/h10-13H,6-9H2,1-5H3,(H,24,25). The van der Waals surface area contributed by atoms with E-state index in [2.05, 4.69) is 0 Å². The van der Waals surface area contributed by atoms with E-state index in [-0.39, 0.29) is 23.5 Å². The second kappa shape index (κ2) is 7.98. The van der Waals surface area contributed by atoms with Gasteiger partial charge in [0.2, 0.25) is 0 Å². The number of rotatable bonds is 3. The number of hydrogen-bond donors (Lipinski definition) is 1. The van der Waals surface area contributed by atoms with E-state index in [0.29, 0.717) is 31.5 Å². The van der Waals surface area contributed by atoms with E-state index >= 15 is 0 Å². The van der Waals surface area contributed by atoms with Crippen molar-refractivity contribution in [2.45, 2.75) is 45.1 Å². The predicted octanol–water partition coefficient (Wildman–Crippen LogP) is 3.20. The van der Waals surface area contributed by atoms with Crippen LogP contribution in [0.2, 0.25) is 0 Å². The predicted molar refractivity (Wildman–Crippen MR) is 101 cm³/mol. The van der Waals surface area contributed by atoms with Crippen molar-refractivity contribution in [3.8, 4) is 0 Å². The van der Waals surface area contributed by atoms with Gasteiger partial charge in [-0.1, -0.05) is 0 Å². The van der Waals surface area contributed by atoms with Crippen LogP contribution < -0.4 is 0 Å². The number of carbonyl (C=O) groups excluding carboxylic acids is 2. The summed E-state index contributed by atoms with van der Waals surface area (Å²) in [5, 5.41) is 9.38. The fraction of sp³-hybridized carbons (Fsp3) is 0.550. The maximum Gasteiger partial charge on any atom is 0.410 e. The summed E-state index contributed by atoms with van der Waals surface area (Å²) >= 11 is 0. The van der Waals surface area contributed by atoms with Crippen LogP contribution in [-0.2, 0) is 4.74 Å². The lowest BCUT2D eigenvalue weighted by atomic mass is 9.87. The lowest BCUT2D eigenvalue weighted by molar-refractivity contribution is 0.0204. The smallest absolute Gasteiger partial charge is 0.410 e. The maximum atomic E-state index is 12.3. The van der Waals surface area contributed by atoms with Gasteiger partial charge in [0, 0.05) is 32.7 Å². The zero-order valence-electron chi connectivity index (χ0n) is 16.6. The Balaban J connectivity index is 2.16. The fourth-order valence-corrected chi connectivity index (χ4v) is 3.11. The molecule has 7 nitrogen and oxygen atoms in total. The molecule has 0 aliphatic carbocycles. The molecule has 0 saturated carbocycles. The maximum absolute atomic E-state index is 12.3. The van der Waals surface area contributed by atoms with Crippen molar-refractivity contribution in [2.24, 2.45) is 0 Å². The Hall–Kier alpha value is -2.57. The second-order valence-electron chi connectivity index (χ2n) is 8.09. The fourth-order valence-electron chi connectivity index (χ4n) is 3.11. The molecule has 0 spiro atoms. The Labute approximate surface area is 159 Å². The Kier molecular flexibility index (Phi) is 6.13. The summed E-state index contributed by atoms with van der Waals surface area (Å²) < 4.78 is 5.40. The number of likely N-dealkylation sites (tertiary alicyclic amines) is 1. The highest BCUT2D eigenvalue weighted by Gasteiger charge is 2.28. The summed E-state index contributed by atoms with van der Waals surface area (Å²) in [6.07, 6.45) is 1.05. The summed E-state index contributed by atoms with van der Waals surface area (Å²) in [5.41, 5.74) is 0.756. The molecule has 0 unspecified atom stereocenters. The van der Waals surface area contributed by atoms with Gasteiger partial charge in [-0.2, -0.15) is 0 Å². The molecule has 0 bridgehead atoms. The molecule has 0 radical (unpaired) electrons. The van der Waals surface area contributed by atoms with Crippen molar-refractivity contribution in [3.05, 3.63) is 34.9 Å². The molecular weight excluding hydrogens is 348 g/mol. The molecule has 7 heteroatoms. The number of ether oxygens (including phenoxy) is 1. The molecule has 1 aliphatic heterocycles. The van der Waals surface area contributed by atoms with Crippen molar-refractivity contribution in [2.75, 3.05) is 27.2 Å². The molecule has 1 aromatic rings. The molecule has 0 aromatic heterocycles. The molecule has 148 valence electrons. The zero-order valence-corrected chi connectivity index (χ0v) is 16.6. The van der Waals surface area contributed by atoms with Gasteiger partial charge in [0.25, 0.3) is 5.91 Å². The van der Waals surface area contributed by atoms with Crippen LogP contribution in [0, 0.1) is 0 Å². The lowest BCUT2D eigenvalue weighted by Crippen LogP contribution is -2.41. The molecule has 1 N–H and O–H groups in total. The minimum atomic E-state index is -1.06. The van der Waals surface area contributed by atoms with Crippen LogP contribution in [0.3, 0.4) is 0 Å². The Morgan fingerprint density at radius 3 is 2.11 bits per heavy atom. The topological polar surface area (TPSA) is 87.2 Å². The molecule has 1 saturated heterocycles. The van der Waals surface area contributed by atoms with Gasteiger partial charge in [0.15, 0.2) is 0 Å². The average molecular weight is 376 g/mol. The molecular formula is C20H28N2O5. The SMILES string of the molecule is CN(C)C(=O)c1cc(C(=O)O)cc(C2CCN(C(=O)OC(C)(C)C)CC2)c1. The largest absolute Gasteiger partial charge is 0.478 e. The first kappa shape index (κ1) is 20.7.